The first kappa shape index (κ1) is 29.2. The Bertz CT molecular complexity index is 1100. The number of benzene rings is 2. The second kappa shape index (κ2) is 13.3. The molecule has 0 aliphatic carbocycles. The number of nitrogens with zero attached hydrogens (tertiary/aromatic N) is 1. The number of nitrogens with two attached hydrogens (primary N) is 1. The van der Waals surface area contributed by atoms with Crippen LogP contribution in [0, 0.1) is 12.8 Å². The van der Waals surface area contributed by atoms with Crippen LogP contribution >= 0.6 is 0 Å². The molecule has 1 aliphatic heterocycles. The van der Waals surface area contributed by atoms with Gasteiger partial charge >= 0.3 is 12.1 Å². The monoisotopic (exact) mass is 512 g/mol. The van der Waals surface area contributed by atoms with Gasteiger partial charge in [-0.2, -0.15) is 0 Å². The van der Waals surface area contributed by atoms with E-state index in [1.807, 2.05) is 58.0 Å². The molecule has 10 heteroatoms. The fourth-order valence-electron chi connectivity index (χ4n) is 3.76. The van der Waals surface area contributed by atoms with Crippen LogP contribution in [0.15, 0.2) is 42.5 Å². The van der Waals surface area contributed by atoms with E-state index in [-0.39, 0.29) is 30.3 Å². The van der Waals surface area contributed by atoms with E-state index in [2.05, 4.69) is 16.4 Å². The van der Waals surface area contributed by atoms with E-state index in [0.717, 1.165) is 22.5 Å². The summed E-state index contributed by atoms with van der Waals surface area (Å²) in [7, 11) is 1.36. The Morgan fingerprint density at radius 2 is 1.78 bits per heavy atom. The van der Waals surface area contributed by atoms with E-state index in [0.29, 0.717) is 31.6 Å². The van der Waals surface area contributed by atoms with Crippen molar-refractivity contribution in [3.8, 4) is 0 Å². The lowest BCUT2D eigenvalue weighted by Gasteiger charge is -2.24. The van der Waals surface area contributed by atoms with Crippen LogP contribution in [0.25, 0.3) is 0 Å². The minimum atomic E-state index is -0.554. The molecule has 10 nitrogen and oxygen atoms in total. The second-order valence-electron chi connectivity index (χ2n) is 9.56. The molecule has 1 saturated heterocycles. The summed E-state index contributed by atoms with van der Waals surface area (Å²) in [5.41, 5.74) is 7.58. The molecule has 0 radical (unpaired) electrons. The van der Waals surface area contributed by atoms with Gasteiger partial charge in [-0.3, -0.25) is 9.59 Å². The van der Waals surface area contributed by atoms with Gasteiger partial charge in [-0.1, -0.05) is 18.2 Å². The first-order chi connectivity index (χ1) is 17.5. The molecule has 1 unspecified atom stereocenters. The van der Waals surface area contributed by atoms with E-state index in [4.69, 9.17) is 14.3 Å². The van der Waals surface area contributed by atoms with Crippen LogP contribution in [0.2, 0.25) is 0 Å². The molecule has 200 valence electrons. The number of amides is 3. The molecule has 0 spiro atoms. The Morgan fingerprint density at radius 3 is 2.38 bits per heavy atom. The molecule has 0 aromatic heterocycles. The van der Waals surface area contributed by atoms with Crippen LogP contribution < -0.4 is 16.4 Å². The highest BCUT2D eigenvalue weighted by molar-refractivity contribution is 5.93. The summed E-state index contributed by atoms with van der Waals surface area (Å²) in [4.78, 5) is 46.9. The Kier molecular flexibility index (Phi) is 10.5. The number of ether oxygens (including phenoxy) is 2. The Labute approximate surface area is 217 Å². The molecule has 1 fully saturated rings. The van der Waals surface area contributed by atoms with Gasteiger partial charge in [0.1, 0.15) is 5.60 Å². The SMILES string of the molecule is COC(=O)c1cccc(Nc2ccc(CNC(=O)C3CCN(C(=O)OC(C)(C)C)C3)cc2)c1C.NC=O. The largest absolute Gasteiger partial charge is 0.465 e. The number of likely N-dealkylation sites (tertiary alicyclic amines) is 1. The van der Waals surface area contributed by atoms with Crippen LogP contribution in [-0.2, 0) is 25.6 Å². The van der Waals surface area contributed by atoms with E-state index in [1.54, 1.807) is 17.0 Å². The van der Waals surface area contributed by atoms with Crippen molar-refractivity contribution >= 4 is 35.8 Å². The summed E-state index contributed by atoms with van der Waals surface area (Å²) in [5, 5.41) is 6.28. The summed E-state index contributed by atoms with van der Waals surface area (Å²) < 4.78 is 10.2. The first-order valence-electron chi connectivity index (χ1n) is 11.9. The molecule has 2 aromatic rings. The minimum absolute atomic E-state index is 0.0662. The maximum absolute atomic E-state index is 12.6. The number of anilines is 2. The Morgan fingerprint density at radius 1 is 1.14 bits per heavy atom. The maximum Gasteiger partial charge on any atom is 0.410 e. The van der Waals surface area contributed by atoms with Crippen LogP contribution in [-0.4, -0.2) is 55.1 Å². The number of rotatable bonds is 6. The first-order valence-corrected chi connectivity index (χ1v) is 11.9. The van der Waals surface area contributed by atoms with Gasteiger partial charge in [0, 0.05) is 31.0 Å². The molecule has 37 heavy (non-hydrogen) atoms. The topological polar surface area (TPSA) is 140 Å². The molecule has 1 heterocycles. The van der Waals surface area contributed by atoms with Gasteiger partial charge in [0.15, 0.2) is 0 Å². The highest BCUT2D eigenvalue weighted by Gasteiger charge is 2.33. The molecule has 4 N–H and O–H groups in total. The predicted octanol–water partition coefficient (Wildman–Crippen LogP) is 3.50. The fraction of sp³-hybridized carbons (Fsp3) is 0.407. The minimum Gasteiger partial charge on any atom is -0.465 e. The van der Waals surface area contributed by atoms with Gasteiger partial charge < -0.3 is 30.7 Å². The molecule has 0 saturated carbocycles. The third-order valence-corrected chi connectivity index (χ3v) is 5.65. The molecule has 0 bridgehead atoms. The summed E-state index contributed by atoms with van der Waals surface area (Å²) in [6.45, 7) is 8.63. The summed E-state index contributed by atoms with van der Waals surface area (Å²) in [5.74, 6) is -0.675. The molecule has 2 aromatic carbocycles. The van der Waals surface area contributed by atoms with Gasteiger partial charge in [0.05, 0.1) is 18.6 Å². The number of nitrogens with one attached hydrogen (secondary N) is 2. The van der Waals surface area contributed by atoms with Crippen molar-refractivity contribution < 1.29 is 28.7 Å². The molecule has 3 amide bonds. The van der Waals surface area contributed by atoms with Crippen molar-refractivity contribution in [1.82, 2.24) is 10.2 Å². The third-order valence-electron chi connectivity index (χ3n) is 5.65. The van der Waals surface area contributed by atoms with Gasteiger partial charge in [-0.25, -0.2) is 9.59 Å². The zero-order chi connectivity index (χ0) is 27.6. The Hall–Kier alpha value is -4.08. The number of primary amides is 1. The molecule has 1 atom stereocenters. The second-order valence-corrected chi connectivity index (χ2v) is 9.56. The zero-order valence-corrected chi connectivity index (χ0v) is 22.0. The number of carbonyl (C=O) groups is 4. The normalized spacial score (nSPS) is 14.6. The average molecular weight is 513 g/mol. The van der Waals surface area contributed by atoms with Crippen molar-refractivity contribution in [1.29, 1.82) is 0 Å². The van der Waals surface area contributed by atoms with Gasteiger partial charge in [0.25, 0.3) is 0 Å². The van der Waals surface area contributed by atoms with Gasteiger partial charge in [0.2, 0.25) is 12.3 Å². The molecular weight excluding hydrogens is 476 g/mol. The molecule has 1 aliphatic rings. The lowest BCUT2D eigenvalue weighted by molar-refractivity contribution is -0.124. The zero-order valence-electron chi connectivity index (χ0n) is 22.0. The van der Waals surface area contributed by atoms with Crippen molar-refractivity contribution in [3.63, 3.8) is 0 Å². The Balaban J connectivity index is 0.00000153. The number of methoxy groups -OCH3 is 1. The average Bonchev–Trinajstić information content (AvgIpc) is 3.34. The van der Waals surface area contributed by atoms with Crippen LogP contribution in [0.1, 0.15) is 48.7 Å². The highest BCUT2D eigenvalue weighted by Crippen LogP contribution is 2.24. The molecule has 3 rings (SSSR count). The van der Waals surface area contributed by atoms with Crippen molar-refractivity contribution in [2.24, 2.45) is 11.7 Å². The van der Waals surface area contributed by atoms with E-state index in [9.17, 15) is 14.4 Å². The highest BCUT2D eigenvalue weighted by atomic mass is 16.6. The smallest absolute Gasteiger partial charge is 0.410 e. The van der Waals surface area contributed by atoms with Crippen molar-refractivity contribution in [2.45, 2.75) is 46.3 Å². The lowest BCUT2D eigenvalue weighted by Crippen LogP contribution is -2.37. The maximum atomic E-state index is 12.6. The van der Waals surface area contributed by atoms with Crippen LogP contribution in [0.3, 0.4) is 0 Å². The number of hydrogen-bond acceptors (Lipinski definition) is 7. The third kappa shape index (κ3) is 8.82. The summed E-state index contributed by atoms with van der Waals surface area (Å²) in [6, 6.07) is 13.1. The quantitative estimate of drug-likeness (QED) is 0.397. The van der Waals surface area contributed by atoms with E-state index in [1.165, 1.54) is 7.11 Å². The van der Waals surface area contributed by atoms with Crippen molar-refractivity contribution in [2.75, 3.05) is 25.5 Å². The van der Waals surface area contributed by atoms with E-state index < -0.39 is 5.60 Å². The van der Waals surface area contributed by atoms with Crippen LogP contribution in [0.4, 0.5) is 16.2 Å². The van der Waals surface area contributed by atoms with E-state index >= 15 is 0 Å². The molecular formula is C27H36N4O6. The fourth-order valence-corrected chi connectivity index (χ4v) is 3.76. The summed E-state index contributed by atoms with van der Waals surface area (Å²) >= 11 is 0. The number of carbonyl (C=O) groups excluding carboxylic acids is 4. The van der Waals surface area contributed by atoms with Gasteiger partial charge in [-0.05, 0) is 69.5 Å². The lowest BCUT2D eigenvalue weighted by atomic mass is 10.1. The number of esters is 1. The van der Waals surface area contributed by atoms with Crippen LogP contribution in [0.5, 0.6) is 0 Å². The predicted molar refractivity (Wildman–Crippen MR) is 140 cm³/mol. The number of hydrogen-bond donors (Lipinski definition) is 3. The standard InChI is InChI=1S/C26H33N3O5.CH3NO/c1-17-21(24(31)33-5)7-6-8-22(17)28-20-11-9-18(10-12-20)15-27-23(30)19-13-14-29(16-19)25(32)34-26(2,3)4;2-1-3/h6-12,19,28H,13-16H2,1-5H3,(H,27,30);1H,(H2,2,3). The summed E-state index contributed by atoms with van der Waals surface area (Å²) in [6.07, 6.45) is 0.496. The van der Waals surface area contributed by atoms with Gasteiger partial charge in [-0.15, -0.1) is 0 Å². The van der Waals surface area contributed by atoms with Crippen molar-refractivity contribution in [3.05, 3.63) is 59.2 Å².